The zero-order valence-corrected chi connectivity index (χ0v) is 9.29. The summed E-state index contributed by atoms with van der Waals surface area (Å²) < 4.78 is 89.6. The monoisotopic (exact) mass is 284 g/mol. The lowest BCUT2D eigenvalue weighted by molar-refractivity contribution is -0.343. The van der Waals surface area contributed by atoms with Gasteiger partial charge in [-0.05, 0) is 6.42 Å². The number of hydrogen-bond donors (Lipinski definition) is 0. The average Bonchev–Trinajstić information content (AvgIpc) is 2.20. The molecule has 18 heavy (non-hydrogen) atoms. The van der Waals surface area contributed by atoms with Crippen molar-refractivity contribution in [3.63, 3.8) is 0 Å². The van der Waals surface area contributed by atoms with Crippen LogP contribution >= 0.6 is 0 Å². The van der Waals surface area contributed by atoms with E-state index in [2.05, 4.69) is 4.74 Å². The SMILES string of the molecule is CCC(=O)OCCCC(F)(C(F)(F)F)C(F)(F)F. The van der Waals surface area contributed by atoms with E-state index in [-0.39, 0.29) is 6.42 Å². The molecule has 2 nitrogen and oxygen atoms in total. The minimum atomic E-state index is -6.06. The van der Waals surface area contributed by atoms with Gasteiger partial charge in [-0.1, -0.05) is 6.92 Å². The first-order valence-corrected chi connectivity index (χ1v) is 4.93. The maximum atomic E-state index is 13.0. The Hall–Kier alpha value is -1.02. The van der Waals surface area contributed by atoms with Gasteiger partial charge in [0.2, 0.25) is 0 Å². The third-order valence-corrected chi connectivity index (χ3v) is 2.12. The van der Waals surface area contributed by atoms with E-state index in [0.717, 1.165) is 0 Å². The summed E-state index contributed by atoms with van der Waals surface area (Å²) in [5.41, 5.74) is -5.28. The molecule has 0 spiro atoms. The van der Waals surface area contributed by atoms with Crippen LogP contribution in [-0.2, 0) is 9.53 Å². The second-order valence-corrected chi connectivity index (χ2v) is 3.47. The van der Waals surface area contributed by atoms with Crippen LogP contribution in [0.4, 0.5) is 30.7 Å². The lowest BCUT2D eigenvalue weighted by Crippen LogP contribution is -2.53. The van der Waals surface area contributed by atoms with Crippen molar-refractivity contribution in [3.05, 3.63) is 0 Å². The van der Waals surface area contributed by atoms with Crippen molar-refractivity contribution >= 4 is 5.97 Å². The van der Waals surface area contributed by atoms with E-state index in [4.69, 9.17) is 0 Å². The van der Waals surface area contributed by atoms with Gasteiger partial charge in [0.15, 0.2) is 0 Å². The highest BCUT2D eigenvalue weighted by molar-refractivity contribution is 5.68. The molecule has 0 atom stereocenters. The molecular weight excluding hydrogens is 273 g/mol. The van der Waals surface area contributed by atoms with E-state index in [0.29, 0.717) is 0 Å². The number of carbonyl (C=O) groups is 1. The highest BCUT2D eigenvalue weighted by Crippen LogP contribution is 2.48. The topological polar surface area (TPSA) is 26.3 Å². The number of ether oxygens (including phenoxy) is 1. The summed E-state index contributed by atoms with van der Waals surface area (Å²) in [6, 6.07) is 0. The van der Waals surface area contributed by atoms with Crippen LogP contribution in [0, 0.1) is 0 Å². The van der Waals surface area contributed by atoms with E-state index in [1.165, 1.54) is 6.92 Å². The van der Waals surface area contributed by atoms with Gasteiger partial charge in [0.05, 0.1) is 6.61 Å². The Morgan fingerprint density at radius 3 is 1.78 bits per heavy atom. The van der Waals surface area contributed by atoms with Gasteiger partial charge in [-0.15, -0.1) is 0 Å². The minimum absolute atomic E-state index is 0.0701. The minimum Gasteiger partial charge on any atom is -0.466 e. The van der Waals surface area contributed by atoms with E-state index in [1.54, 1.807) is 0 Å². The zero-order valence-electron chi connectivity index (χ0n) is 9.29. The Kier molecular flexibility index (Phi) is 5.42. The Balaban J connectivity index is 4.52. The molecule has 0 radical (unpaired) electrons. The van der Waals surface area contributed by atoms with Gasteiger partial charge in [-0.25, -0.2) is 4.39 Å². The number of halogens is 7. The molecule has 0 saturated carbocycles. The van der Waals surface area contributed by atoms with Crippen LogP contribution in [0.3, 0.4) is 0 Å². The second kappa shape index (κ2) is 5.75. The maximum Gasteiger partial charge on any atom is 0.431 e. The fraction of sp³-hybridized carbons (Fsp3) is 0.889. The molecule has 108 valence electrons. The molecule has 0 aromatic rings. The fourth-order valence-electron chi connectivity index (χ4n) is 1.05. The van der Waals surface area contributed by atoms with Crippen molar-refractivity contribution in [3.8, 4) is 0 Å². The Labute approximate surface area is 98.1 Å². The molecule has 0 aromatic carbocycles. The first-order valence-electron chi connectivity index (χ1n) is 4.93. The van der Waals surface area contributed by atoms with E-state index in [1.807, 2.05) is 0 Å². The van der Waals surface area contributed by atoms with Gasteiger partial charge < -0.3 is 4.74 Å². The van der Waals surface area contributed by atoms with Crippen LogP contribution in [0.15, 0.2) is 0 Å². The molecule has 0 bridgehead atoms. The molecule has 0 amide bonds. The molecule has 9 heteroatoms. The molecule has 0 aliphatic heterocycles. The van der Waals surface area contributed by atoms with Crippen LogP contribution < -0.4 is 0 Å². The Bertz CT molecular complexity index is 268. The first-order chi connectivity index (χ1) is 7.95. The van der Waals surface area contributed by atoms with Crippen molar-refractivity contribution < 1.29 is 40.3 Å². The van der Waals surface area contributed by atoms with Crippen LogP contribution in [0.5, 0.6) is 0 Å². The molecule has 0 unspecified atom stereocenters. The lowest BCUT2D eigenvalue weighted by Gasteiger charge is -2.29. The summed E-state index contributed by atoms with van der Waals surface area (Å²) in [6.45, 7) is 0.706. The largest absolute Gasteiger partial charge is 0.466 e. The van der Waals surface area contributed by atoms with Crippen LogP contribution in [0.1, 0.15) is 26.2 Å². The van der Waals surface area contributed by atoms with E-state index >= 15 is 0 Å². The summed E-state index contributed by atoms with van der Waals surface area (Å²) in [5, 5.41) is 0. The van der Waals surface area contributed by atoms with Gasteiger partial charge >= 0.3 is 18.3 Å². The van der Waals surface area contributed by atoms with Gasteiger partial charge in [0.25, 0.3) is 5.67 Å². The van der Waals surface area contributed by atoms with Crippen LogP contribution in [0.2, 0.25) is 0 Å². The summed E-state index contributed by atoms with van der Waals surface area (Å²) >= 11 is 0. The second-order valence-electron chi connectivity index (χ2n) is 3.47. The standard InChI is InChI=1S/C9H11F7O2/c1-2-6(17)18-5-3-4-7(10,8(11,12)13)9(14,15)16/h2-5H2,1H3. The van der Waals surface area contributed by atoms with E-state index < -0.39 is 43.4 Å². The van der Waals surface area contributed by atoms with Crippen molar-refractivity contribution in [2.75, 3.05) is 6.61 Å². The zero-order chi connectivity index (χ0) is 14.6. The molecular formula is C9H11F7O2. The summed E-state index contributed by atoms with van der Waals surface area (Å²) in [6.07, 6.45) is -14.9. The predicted molar refractivity (Wildman–Crippen MR) is 46.4 cm³/mol. The van der Waals surface area contributed by atoms with Gasteiger partial charge in [0, 0.05) is 12.8 Å². The Morgan fingerprint density at radius 2 is 1.44 bits per heavy atom. The Morgan fingerprint density at radius 1 is 1.00 bits per heavy atom. The first kappa shape index (κ1) is 17.0. The molecule has 0 rings (SSSR count). The smallest absolute Gasteiger partial charge is 0.431 e. The highest BCUT2D eigenvalue weighted by atomic mass is 19.4. The van der Waals surface area contributed by atoms with Crippen LogP contribution in [-0.4, -0.2) is 30.6 Å². The van der Waals surface area contributed by atoms with Crippen molar-refractivity contribution in [1.29, 1.82) is 0 Å². The number of esters is 1. The third-order valence-electron chi connectivity index (χ3n) is 2.12. The van der Waals surface area contributed by atoms with Gasteiger partial charge in [-0.3, -0.25) is 4.79 Å². The molecule has 0 heterocycles. The molecule has 0 aliphatic carbocycles. The number of alkyl halides is 7. The van der Waals surface area contributed by atoms with E-state index in [9.17, 15) is 35.5 Å². The van der Waals surface area contributed by atoms with Crippen molar-refractivity contribution in [1.82, 2.24) is 0 Å². The number of rotatable bonds is 5. The van der Waals surface area contributed by atoms with Gasteiger partial charge in [-0.2, -0.15) is 26.3 Å². The third kappa shape index (κ3) is 4.02. The molecule has 0 N–H and O–H groups in total. The average molecular weight is 284 g/mol. The molecule has 0 fully saturated rings. The highest BCUT2D eigenvalue weighted by Gasteiger charge is 2.71. The van der Waals surface area contributed by atoms with Crippen molar-refractivity contribution in [2.24, 2.45) is 0 Å². The maximum absolute atomic E-state index is 13.0. The van der Waals surface area contributed by atoms with Crippen LogP contribution in [0.25, 0.3) is 0 Å². The predicted octanol–water partition coefficient (Wildman–Crippen LogP) is 3.55. The fourth-order valence-corrected chi connectivity index (χ4v) is 1.05. The summed E-state index contributed by atoms with van der Waals surface area (Å²) in [7, 11) is 0. The molecule has 0 saturated heterocycles. The summed E-state index contributed by atoms with van der Waals surface area (Å²) in [5.74, 6) is -0.779. The number of carbonyl (C=O) groups excluding carboxylic acids is 1. The lowest BCUT2D eigenvalue weighted by atomic mass is 9.98. The number of hydrogen-bond acceptors (Lipinski definition) is 2. The molecule has 0 aliphatic rings. The summed E-state index contributed by atoms with van der Waals surface area (Å²) in [4.78, 5) is 10.6. The molecule has 0 aromatic heterocycles. The quantitative estimate of drug-likeness (QED) is 0.438. The van der Waals surface area contributed by atoms with Gasteiger partial charge in [0.1, 0.15) is 0 Å². The normalized spacial score (nSPS) is 13.6. The van der Waals surface area contributed by atoms with Crippen molar-refractivity contribution in [2.45, 2.75) is 44.2 Å².